The highest BCUT2D eigenvalue weighted by Gasteiger charge is 2.23. The van der Waals surface area contributed by atoms with Crippen molar-refractivity contribution in [1.29, 1.82) is 0 Å². The molecule has 0 radical (unpaired) electrons. The van der Waals surface area contributed by atoms with Gasteiger partial charge in [0.2, 0.25) is 0 Å². The summed E-state index contributed by atoms with van der Waals surface area (Å²) in [6, 6.07) is 34.1. The van der Waals surface area contributed by atoms with E-state index in [0.29, 0.717) is 46.0 Å². The Labute approximate surface area is 333 Å². The van der Waals surface area contributed by atoms with E-state index in [9.17, 15) is 0 Å². The van der Waals surface area contributed by atoms with E-state index >= 15 is 0 Å². The molecule has 0 saturated heterocycles. The molecule has 10 heteroatoms. The first-order valence-electron chi connectivity index (χ1n) is 18.7. The number of hydrogen-bond donors (Lipinski definition) is 0. The maximum absolute atomic E-state index is 5.80. The summed E-state index contributed by atoms with van der Waals surface area (Å²) in [4.78, 5) is 0. The van der Waals surface area contributed by atoms with Gasteiger partial charge in [0.25, 0.3) is 0 Å². The fraction of sp³-hybridized carbons (Fsp3) is 0.167. The maximum atomic E-state index is 5.80. The summed E-state index contributed by atoms with van der Waals surface area (Å²) < 4.78 is 50.7. The van der Waals surface area contributed by atoms with E-state index in [0.717, 1.165) is 76.5 Å². The molecular weight excluding hydrogens is 733 g/mol. The fourth-order valence-corrected chi connectivity index (χ4v) is 8.95. The SMILES string of the molecule is COc1cc2c3cc(OC)c(OC)cc3n(-c3cc4ccc5cc(-n6c7cc(OC)c(OC)cc7c7cc(OC)c(OC)cc76)cc6ccc(c3)c4c56)c2cc1OC. The van der Waals surface area contributed by atoms with Crippen molar-refractivity contribution in [3.8, 4) is 57.4 Å². The first-order valence-corrected chi connectivity index (χ1v) is 18.7. The third-order valence-corrected chi connectivity index (χ3v) is 11.6. The van der Waals surface area contributed by atoms with E-state index < -0.39 is 0 Å². The highest BCUT2D eigenvalue weighted by molar-refractivity contribution is 6.24. The molecule has 0 fully saturated rings. The highest BCUT2D eigenvalue weighted by atomic mass is 16.5. The van der Waals surface area contributed by atoms with Gasteiger partial charge in [0, 0.05) is 57.2 Å². The molecule has 2 aromatic heterocycles. The van der Waals surface area contributed by atoms with E-state index in [1.807, 2.05) is 48.5 Å². The Morgan fingerprint density at radius 1 is 0.276 bits per heavy atom. The van der Waals surface area contributed by atoms with Crippen LogP contribution >= 0.6 is 0 Å². The van der Waals surface area contributed by atoms with Gasteiger partial charge in [0.05, 0.1) is 78.9 Å². The lowest BCUT2D eigenvalue weighted by Gasteiger charge is -2.17. The Hall–Kier alpha value is -7.20. The highest BCUT2D eigenvalue weighted by Crippen LogP contribution is 2.47. The molecule has 0 N–H and O–H groups in total. The number of methoxy groups -OCH3 is 8. The van der Waals surface area contributed by atoms with Gasteiger partial charge in [0.1, 0.15) is 0 Å². The summed E-state index contributed by atoms with van der Waals surface area (Å²) in [6.45, 7) is 0. The van der Waals surface area contributed by atoms with Crippen LogP contribution < -0.4 is 37.9 Å². The third kappa shape index (κ3) is 4.90. The van der Waals surface area contributed by atoms with Crippen molar-refractivity contribution in [1.82, 2.24) is 9.13 Å². The summed E-state index contributed by atoms with van der Waals surface area (Å²) in [7, 11) is 13.2. The van der Waals surface area contributed by atoms with E-state index in [4.69, 9.17) is 37.9 Å². The average Bonchev–Trinajstić information content (AvgIpc) is 3.75. The Balaban J connectivity index is 1.22. The van der Waals surface area contributed by atoms with Crippen molar-refractivity contribution in [2.45, 2.75) is 0 Å². The maximum Gasteiger partial charge on any atom is 0.162 e. The van der Waals surface area contributed by atoms with Crippen LogP contribution in [-0.2, 0) is 0 Å². The molecule has 8 aromatic carbocycles. The summed E-state index contributed by atoms with van der Waals surface area (Å²) in [5.41, 5.74) is 5.88. The van der Waals surface area contributed by atoms with Crippen LogP contribution in [0.2, 0.25) is 0 Å². The van der Waals surface area contributed by atoms with Crippen LogP contribution in [0.4, 0.5) is 0 Å². The van der Waals surface area contributed by atoms with Crippen molar-refractivity contribution < 1.29 is 37.9 Å². The van der Waals surface area contributed by atoms with Gasteiger partial charge in [-0.15, -0.1) is 0 Å². The van der Waals surface area contributed by atoms with Gasteiger partial charge in [-0.3, -0.25) is 0 Å². The number of fused-ring (bicyclic) bond motifs is 6. The van der Waals surface area contributed by atoms with Crippen LogP contribution in [0.1, 0.15) is 0 Å². The molecule has 0 spiro atoms. The number of nitrogens with zero attached hydrogens (tertiary/aromatic N) is 2. The standard InChI is InChI=1S/C48H40N2O8/c1-51-39-17-31-32-18-40(52-2)44(56-6)22-36(32)49(35(31)21-43(39)55-5)29-13-25-9-11-27-15-30(16-28-12-10-26(14-29)47(25)48(27)28)50-37-23-45(57-7)41(53-3)19-33(37)34-20-42(54-4)46(58-8)24-38(34)50/h9-24H,1-8H3. The molecule has 0 aliphatic rings. The Kier molecular flexibility index (Phi) is 8.02. The van der Waals surface area contributed by atoms with Gasteiger partial charge >= 0.3 is 0 Å². The van der Waals surface area contributed by atoms with Crippen molar-refractivity contribution in [3.05, 3.63) is 97.1 Å². The van der Waals surface area contributed by atoms with Crippen LogP contribution in [-0.4, -0.2) is 66.0 Å². The Morgan fingerprint density at radius 3 is 0.690 bits per heavy atom. The molecule has 58 heavy (non-hydrogen) atoms. The van der Waals surface area contributed by atoms with Gasteiger partial charge in [-0.05, 0) is 80.8 Å². The minimum Gasteiger partial charge on any atom is -0.493 e. The first kappa shape index (κ1) is 35.2. The molecule has 0 aliphatic heterocycles. The lowest BCUT2D eigenvalue weighted by molar-refractivity contribution is 0.355. The largest absolute Gasteiger partial charge is 0.493 e. The summed E-state index contributed by atoms with van der Waals surface area (Å²) in [5, 5.41) is 10.9. The number of rotatable bonds is 10. The van der Waals surface area contributed by atoms with Crippen molar-refractivity contribution in [2.24, 2.45) is 0 Å². The molecule has 10 aromatic rings. The van der Waals surface area contributed by atoms with Crippen LogP contribution in [0.3, 0.4) is 0 Å². The minimum absolute atomic E-state index is 0.643. The summed E-state index contributed by atoms with van der Waals surface area (Å²) in [5.74, 6) is 5.17. The van der Waals surface area contributed by atoms with E-state index in [1.165, 1.54) is 10.8 Å². The number of hydrogen-bond acceptors (Lipinski definition) is 8. The van der Waals surface area contributed by atoms with Crippen LogP contribution in [0.5, 0.6) is 46.0 Å². The molecule has 290 valence electrons. The zero-order chi connectivity index (χ0) is 40.0. The lowest BCUT2D eigenvalue weighted by Crippen LogP contribution is -1.98. The van der Waals surface area contributed by atoms with Crippen LogP contribution in [0, 0.1) is 0 Å². The molecule has 10 rings (SSSR count). The van der Waals surface area contributed by atoms with Gasteiger partial charge in [-0.2, -0.15) is 0 Å². The Bertz CT molecular complexity index is 2860. The molecule has 0 aliphatic carbocycles. The Morgan fingerprint density at radius 2 is 0.483 bits per heavy atom. The second-order valence-corrected chi connectivity index (χ2v) is 14.2. The minimum atomic E-state index is 0.643. The molecule has 2 heterocycles. The van der Waals surface area contributed by atoms with Gasteiger partial charge in [-0.25, -0.2) is 0 Å². The molecule has 0 unspecified atom stereocenters. The molecule has 0 bridgehead atoms. The van der Waals surface area contributed by atoms with E-state index in [2.05, 4.69) is 57.7 Å². The van der Waals surface area contributed by atoms with Crippen LogP contribution in [0.15, 0.2) is 97.1 Å². The van der Waals surface area contributed by atoms with Gasteiger partial charge < -0.3 is 47.0 Å². The average molecular weight is 773 g/mol. The normalized spacial score (nSPS) is 11.8. The summed E-state index contributed by atoms with van der Waals surface area (Å²) in [6.07, 6.45) is 0. The van der Waals surface area contributed by atoms with Crippen LogP contribution in [0.25, 0.3) is 87.3 Å². The van der Waals surface area contributed by atoms with Crippen molar-refractivity contribution >= 4 is 75.9 Å². The number of benzene rings is 8. The zero-order valence-corrected chi connectivity index (χ0v) is 33.4. The first-order chi connectivity index (χ1) is 28.4. The lowest BCUT2D eigenvalue weighted by atomic mass is 9.93. The zero-order valence-electron chi connectivity index (χ0n) is 33.4. The van der Waals surface area contributed by atoms with E-state index in [1.54, 1.807) is 56.9 Å². The number of aromatic nitrogens is 2. The third-order valence-electron chi connectivity index (χ3n) is 11.6. The quantitative estimate of drug-likeness (QED) is 0.127. The smallest absolute Gasteiger partial charge is 0.162 e. The second kappa shape index (κ2) is 13.2. The molecule has 0 atom stereocenters. The molecular formula is C48H40N2O8. The van der Waals surface area contributed by atoms with E-state index in [-0.39, 0.29) is 0 Å². The molecule has 0 amide bonds. The van der Waals surface area contributed by atoms with Crippen molar-refractivity contribution in [3.63, 3.8) is 0 Å². The fourth-order valence-electron chi connectivity index (χ4n) is 8.95. The number of ether oxygens (including phenoxy) is 8. The van der Waals surface area contributed by atoms with Gasteiger partial charge in [-0.1, -0.05) is 24.3 Å². The summed E-state index contributed by atoms with van der Waals surface area (Å²) >= 11 is 0. The molecule has 10 nitrogen and oxygen atoms in total. The predicted molar refractivity (Wildman–Crippen MR) is 231 cm³/mol. The van der Waals surface area contributed by atoms with Crippen molar-refractivity contribution in [2.75, 3.05) is 56.9 Å². The topological polar surface area (TPSA) is 83.7 Å². The molecule has 0 saturated carbocycles. The monoisotopic (exact) mass is 772 g/mol. The van der Waals surface area contributed by atoms with Gasteiger partial charge in [0.15, 0.2) is 46.0 Å². The second-order valence-electron chi connectivity index (χ2n) is 14.2. The predicted octanol–water partition coefficient (Wildman–Crippen LogP) is 10.8.